The molecular formula is C27H31N5O4S. The maximum Gasteiger partial charge on any atom is 0.258 e. The van der Waals surface area contributed by atoms with Gasteiger partial charge < -0.3 is 14.2 Å². The summed E-state index contributed by atoms with van der Waals surface area (Å²) in [5.41, 5.74) is 4.18. The third-order valence-electron chi connectivity index (χ3n) is 6.95. The van der Waals surface area contributed by atoms with Gasteiger partial charge in [-0.15, -0.1) is 0 Å². The molecule has 0 amide bonds. The highest BCUT2D eigenvalue weighted by Gasteiger charge is 2.28. The minimum Gasteiger partial charge on any atom is -0.490 e. The molecule has 1 fully saturated rings. The molecule has 0 radical (unpaired) electrons. The maximum atomic E-state index is 12.5. The van der Waals surface area contributed by atoms with E-state index < -0.39 is 10.0 Å². The molecule has 5 rings (SSSR count). The number of ether oxygens (including phenoxy) is 1. The molecule has 0 saturated carbocycles. The van der Waals surface area contributed by atoms with Crippen LogP contribution < -0.4 is 9.46 Å². The highest BCUT2D eigenvalue weighted by molar-refractivity contribution is 7.89. The lowest BCUT2D eigenvalue weighted by Crippen LogP contribution is -2.42. The van der Waals surface area contributed by atoms with Gasteiger partial charge in [0.2, 0.25) is 15.8 Å². The van der Waals surface area contributed by atoms with Crippen LogP contribution in [0, 0.1) is 11.3 Å². The standard InChI is InChI=1S/C27H31N5O4S/c1-18(2)35-25-10-8-19(15-21(25)16-28)27-30-26(31-36-27)24-6-3-5-22-20(7-9-23(22)24)17-29-37(33,34)14-13-32-11-4-12-32/h3,5-6,8,10,15,18,20,29H,4,7,9,11-14,17H2,1-2H3. The first-order valence-corrected chi connectivity index (χ1v) is 14.3. The molecule has 2 heterocycles. The Labute approximate surface area is 217 Å². The number of hydrogen-bond acceptors (Lipinski definition) is 8. The first-order valence-electron chi connectivity index (χ1n) is 12.7. The summed E-state index contributed by atoms with van der Waals surface area (Å²) in [4.78, 5) is 6.77. The molecule has 0 bridgehead atoms. The van der Waals surface area contributed by atoms with Gasteiger partial charge in [0.25, 0.3) is 5.89 Å². The predicted molar refractivity (Wildman–Crippen MR) is 140 cm³/mol. The number of nitrogens with one attached hydrogen (secondary N) is 1. The van der Waals surface area contributed by atoms with Crippen molar-refractivity contribution < 1.29 is 17.7 Å². The molecule has 1 aliphatic carbocycles. The van der Waals surface area contributed by atoms with Gasteiger partial charge in [0.05, 0.1) is 17.4 Å². The van der Waals surface area contributed by atoms with Crippen LogP contribution in [0.1, 0.15) is 49.3 Å². The van der Waals surface area contributed by atoms with E-state index in [1.54, 1.807) is 18.2 Å². The highest BCUT2D eigenvalue weighted by Crippen LogP contribution is 2.38. The minimum absolute atomic E-state index is 0.0439. The van der Waals surface area contributed by atoms with Gasteiger partial charge in [0.1, 0.15) is 11.8 Å². The summed E-state index contributed by atoms with van der Waals surface area (Å²) >= 11 is 0. The normalized spacial score (nSPS) is 17.4. The van der Waals surface area contributed by atoms with E-state index in [1.807, 2.05) is 26.0 Å². The van der Waals surface area contributed by atoms with Crippen LogP contribution in [-0.2, 0) is 16.4 Å². The summed E-state index contributed by atoms with van der Waals surface area (Å²) < 4.78 is 39.1. The molecule has 1 N–H and O–H groups in total. The number of benzene rings is 2. The summed E-state index contributed by atoms with van der Waals surface area (Å²) in [6.45, 7) is 6.77. The lowest BCUT2D eigenvalue weighted by atomic mass is 9.98. The van der Waals surface area contributed by atoms with Crippen LogP contribution in [0.15, 0.2) is 40.9 Å². The summed E-state index contributed by atoms with van der Waals surface area (Å²) in [5.74, 6) is 1.56. The summed E-state index contributed by atoms with van der Waals surface area (Å²) in [5, 5.41) is 13.8. The quantitative estimate of drug-likeness (QED) is 0.428. The Bertz CT molecular complexity index is 1420. The van der Waals surface area contributed by atoms with Crippen LogP contribution in [0.3, 0.4) is 0 Å². The van der Waals surface area contributed by atoms with E-state index in [-0.39, 0.29) is 17.8 Å². The van der Waals surface area contributed by atoms with Crippen molar-refractivity contribution in [2.24, 2.45) is 0 Å². The van der Waals surface area contributed by atoms with Gasteiger partial charge in [0, 0.05) is 24.2 Å². The number of hydrogen-bond donors (Lipinski definition) is 1. The molecule has 3 aromatic rings. The summed E-state index contributed by atoms with van der Waals surface area (Å²) in [7, 11) is -3.31. The Morgan fingerprint density at radius 2 is 2.11 bits per heavy atom. The lowest BCUT2D eigenvalue weighted by molar-refractivity contribution is 0.193. The predicted octanol–water partition coefficient (Wildman–Crippen LogP) is 3.72. The average molecular weight is 522 g/mol. The van der Waals surface area contributed by atoms with Crippen LogP contribution in [0.4, 0.5) is 0 Å². The van der Waals surface area contributed by atoms with Gasteiger partial charge in [0.15, 0.2) is 0 Å². The third kappa shape index (κ3) is 5.69. The average Bonchev–Trinajstić information content (AvgIpc) is 3.49. The van der Waals surface area contributed by atoms with Crippen molar-refractivity contribution in [1.82, 2.24) is 19.8 Å². The molecule has 9 nitrogen and oxygen atoms in total. The van der Waals surface area contributed by atoms with Gasteiger partial charge in [-0.25, -0.2) is 13.1 Å². The van der Waals surface area contributed by atoms with E-state index in [1.165, 1.54) is 0 Å². The molecule has 2 aromatic carbocycles. The number of rotatable bonds is 10. The number of nitrogens with zero attached hydrogens (tertiary/aromatic N) is 4. The molecule has 1 atom stereocenters. The van der Waals surface area contributed by atoms with Gasteiger partial charge in [-0.1, -0.05) is 23.4 Å². The van der Waals surface area contributed by atoms with Crippen LogP contribution in [0.2, 0.25) is 0 Å². The van der Waals surface area contributed by atoms with Gasteiger partial charge in [-0.3, -0.25) is 0 Å². The first-order chi connectivity index (χ1) is 17.8. The Morgan fingerprint density at radius 1 is 1.27 bits per heavy atom. The zero-order valence-corrected chi connectivity index (χ0v) is 21.9. The Balaban J connectivity index is 1.31. The summed E-state index contributed by atoms with van der Waals surface area (Å²) in [6, 6.07) is 13.4. The minimum atomic E-state index is -3.31. The number of fused-ring (bicyclic) bond motifs is 1. The van der Waals surface area contributed by atoms with Crippen molar-refractivity contribution in [2.75, 3.05) is 31.9 Å². The highest BCUT2D eigenvalue weighted by atomic mass is 32.2. The van der Waals surface area contributed by atoms with Crippen LogP contribution in [0.5, 0.6) is 5.75 Å². The van der Waals surface area contributed by atoms with E-state index in [0.717, 1.165) is 49.0 Å². The summed E-state index contributed by atoms with van der Waals surface area (Å²) in [6.07, 6.45) is 2.78. The van der Waals surface area contributed by atoms with Gasteiger partial charge in [-0.2, -0.15) is 10.2 Å². The first kappa shape index (κ1) is 25.4. The van der Waals surface area contributed by atoms with Crippen molar-refractivity contribution in [3.05, 3.63) is 53.1 Å². The second kappa shape index (κ2) is 10.6. The fraction of sp³-hybridized carbons (Fsp3) is 0.444. The van der Waals surface area contributed by atoms with Crippen molar-refractivity contribution in [1.29, 1.82) is 5.26 Å². The zero-order valence-electron chi connectivity index (χ0n) is 21.1. The number of nitriles is 1. The fourth-order valence-electron chi connectivity index (χ4n) is 4.87. The Kier molecular flexibility index (Phi) is 7.29. The molecule has 194 valence electrons. The number of sulfonamides is 1. The molecular weight excluding hydrogens is 490 g/mol. The van der Waals surface area contributed by atoms with Crippen molar-refractivity contribution in [3.8, 4) is 34.7 Å². The van der Waals surface area contributed by atoms with Crippen LogP contribution in [0.25, 0.3) is 22.8 Å². The number of aromatic nitrogens is 2. The number of likely N-dealkylation sites (tertiary alicyclic amines) is 1. The molecule has 1 saturated heterocycles. The van der Waals surface area contributed by atoms with E-state index in [2.05, 4.69) is 31.9 Å². The van der Waals surface area contributed by atoms with Crippen molar-refractivity contribution in [2.45, 2.75) is 45.1 Å². The van der Waals surface area contributed by atoms with Crippen LogP contribution in [-0.4, -0.2) is 61.5 Å². The monoisotopic (exact) mass is 521 g/mol. The molecule has 10 heteroatoms. The van der Waals surface area contributed by atoms with E-state index in [4.69, 9.17) is 9.26 Å². The van der Waals surface area contributed by atoms with E-state index in [0.29, 0.717) is 41.7 Å². The molecule has 1 aromatic heterocycles. The fourth-order valence-corrected chi connectivity index (χ4v) is 5.97. The van der Waals surface area contributed by atoms with Gasteiger partial charge in [-0.05, 0) is 81.4 Å². The molecule has 0 spiro atoms. The van der Waals surface area contributed by atoms with E-state index >= 15 is 0 Å². The second-order valence-corrected chi connectivity index (χ2v) is 11.8. The van der Waals surface area contributed by atoms with Crippen molar-refractivity contribution in [3.63, 3.8) is 0 Å². The van der Waals surface area contributed by atoms with Crippen LogP contribution >= 0.6 is 0 Å². The SMILES string of the molecule is CC(C)Oc1ccc(-c2nc(-c3cccc4c3CCC4CNS(=O)(=O)CCN3CCC3)no2)cc1C#N. The Morgan fingerprint density at radius 3 is 2.84 bits per heavy atom. The molecule has 1 unspecified atom stereocenters. The van der Waals surface area contributed by atoms with Crippen molar-refractivity contribution >= 4 is 10.0 Å². The third-order valence-corrected chi connectivity index (χ3v) is 8.27. The van der Waals surface area contributed by atoms with Gasteiger partial charge >= 0.3 is 0 Å². The molecule has 37 heavy (non-hydrogen) atoms. The molecule has 2 aliphatic rings. The smallest absolute Gasteiger partial charge is 0.258 e. The van der Waals surface area contributed by atoms with E-state index in [9.17, 15) is 13.7 Å². The largest absolute Gasteiger partial charge is 0.490 e. The maximum absolute atomic E-state index is 12.5. The Hall–Kier alpha value is -3.26. The topological polar surface area (TPSA) is 121 Å². The molecule has 1 aliphatic heterocycles. The lowest BCUT2D eigenvalue weighted by Gasteiger charge is -2.30. The zero-order chi connectivity index (χ0) is 26.0. The second-order valence-electron chi connectivity index (χ2n) is 9.88.